The Kier molecular flexibility index (Phi) is 3.41. The van der Waals surface area contributed by atoms with Crippen molar-refractivity contribution in [3.63, 3.8) is 0 Å². The zero-order valence-corrected chi connectivity index (χ0v) is 13.8. The summed E-state index contributed by atoms with van der Waals surface area (Å²) in [5.41, 5.74) is 5.43. The van der Waals surface area contributed by atoms with E-state index in [0.29, 0.717) is 0 Å². The molecule has 1 aliphatic heterocycles. The predicted octanol–water partition coefficient (Wildman–Crippen LogP) is 4.73. The molecule has 0 N–H and O–H groups in total. The smallest absolute Gasteiger partial charge is 0.127 e. The van der Waals surface area contributed by atoms with Gasteiger partial charge >= 0.3 is 0 Å². The van der Waals surface area contributed by atoms with Crippen molar-refractivity contribution in [3.8, 4) is 5.75 Å². The van der Waals surface area contributed by atoms with E-state index in [1.807, 2.05) is 0 Å². The summed E-state index contributed by atoms with van der Waals surface area (Å²) in [4.78, 5) is 0. The maximum atomic E-state index is 6.09. The Balaban J connectivity index is 1.84. The number of methoxy groups -OCH3 is 1. The minimum absolute atomic E-state index is 0.0126. The summed E-state index contributed by atoms with van der Waals surface area (Å²) in [5.74, 6) is 2.00. The van der Waals surface area contributed by atoms with Gasteiger partial charge in [0.2, 0.25) is 0 Å². The van der Waals surface area contributed by atoms with Crippen LogP contribution >= 0.6 is 0 Å². The molecular formula is C21H22O2. The second kappa shape index (κ2) is 5.45. The van der Waals surface area contributed by atoms with Gasteiger partial charge in [0.05, 0.1) is 13.7 Å². The van der Waals surface area contributed by atoms with Crippen molar-refractivity contribution in [3.05, 3.63) is 70.8 Å². The van der Waals surface area contributed by atoms with Gasteiger partial charge in [0, 0.05) is 11.0 Å². The number of fused-ring (bicyclic) bond motifs is 2. The van der Waals surface area contributed by atoms with E-state index in [9.17, 15) is 0 Å². The molecule has 2 aromatic rings. The molecular weight excluding hydrogens is 284 g/mol. The minimum atomic E-state index is 0.0126. The summed E-state index contributed by atoms with van der Waals surface area (Å²) >= 11 is 0. The van der Waals surface area contributed by atoms with Gasteiger partial charge in [0.1, 0.15) is 11.5 Å². The normalized spacial score (nSPS) is 22.3. The number of allylic oxidation sites excluding steroid dienone is 1. The fraction of sp³-hybridized carbons (Fsp3) is 0.333. The molecule has 2 aliphatic rings. The van der Waals surface area contributed by atoms with Gasteiger partial charge in [-0.05, 0) is 48.1 Å². The molecule has 0 aromatic heterocycles. The molecule has 2 aromatic carbocycles. The highest BCUT2D eigenvalue weighted by Gasteiger charge is 2.43. The van der Waals surface area contributed by atoms with Crippen molar-refractivity contribution < 1.29 is 9.47 Å². The van der Waals surface area contributed by atoms with Crippen LogP contribution in [0.5, 0.6) is 5.75 Å². The lowest BCUT2D eigenvalue weighted by molar-refractivity contribution is 0.249. The van der Waals surface area contributed by atoms with Crippen LogP contribution in [0.1, 0.15) is 36.5 Å². The SMILES string of the molecule is COc1ccc2c(c1)C1=C(CCCO1)[C@@]2(C)Cc1ccccc1. The molecule has 0 unspecified atom stereocenters. The first-order valence-electron chi connectivity index (χ1n) is 8.31. The Labute approximate surface area is 137 Å². The first-order valence-corrected chi connectivity index (χ1v) is 8.31. The van der Waals surface area contributed by atoms with Crippen molar-refractivity contribution in [2.24, 2.45) is 0 Å². The molecule has 23 heavy (non-hydrogen) atoms. The van der Waals surface area contributed by atoms with Crippen molar-refractivity contribution in [1.82, 2.24) is 0 Å². The Bertz CT molecular complexity index is 761. The minimum Gasteiger partial charge on any atom is -0.497 e. The van der Waals surface area contributed by atoms with Crippen molar-refractivity contribution in [2.75, 3.05) is 13.7 Å². The van der Waals surface area contributed by atoms with E-state index in [2.05, 4.69) is 55.5 Å². The second-order valence-electron chi connectivity index (χ2n) is 6.67. The predicted molar refractivity (Wildman–Crippen MR) is 92.6 cm³/mol. The maximum Gasteiger partial charge on any atom is 0.127 e. The molecule has 0 saturated heterocycles. The molecule has 0 radical (unpaired) electrons. The van der Waals surface area contributed by atoms with Crippen LogP contribution in [0.25, 0.3) is 5.76 Å². The van der Waals surface area contributed by atoms with Gasteiger partial charge < -0.3 is 9.47 Å². The zero-order valence-electron chi connectivity index (χ0n) is 13.8. The average molecular weight is 306 g/mol. The van der Waals surface area contributed by atoms with E-state index >= 15 is 0 Å². The van der Waals surface area contributed by atoms with E-state index < -0.39 is 0 Å². The van der Waals surface area contributed by atoms with Crippen LogP contribution in [0.3, 0.4) is 0 Å². The molecule has 1 heterocycles. The molecule has 0 amide bonds. The quantitative estimate of drug-likeness (QED) is 0.816. The Morgan fingerprint density at radius 3 is 2.74 bits per heavy atom. The van der Waals surface area contributed by atoms with Gasteiger partial charge in [0.15, 0.2) is 0 Å². The summed E-state index contributed by atoms with van der Waals surface area (Å²) in [7, 11) is 1.72. The van der Waals surface area contributed by atoms with Gasteiger partial charge in [-0.2, -0.15) is 0 Å². The van der Waals surface area contributed by atoms with Crippen LogP contribution in [0.15, 0.2) is 54.1 Å². The summed E-state index contributed by atoms with van der Waals surface area (Å²) in [6, 6.07) is 17.2. The molecule has 0 saturated carbocycles. The highest BCUT2D eigenvalue weighted by atomic mass is 16.5. The van der Waals surface area contributed by atoms with Gasteiger partial charge in [-0.15, -0.1) is 0 Å². The van der Waals surface area contributed by atoms with Crippen LogP contribution in [-0.2, 0) is 16.6 Å². The fourth-order valence-corrected chi connectivity index (χ4v) is 4.08. The highest BCUT2D eigenvalue weighted by molar-refractivity contribution is 5.78. The first-order chi connectivity index (χ1) is 11.2. The monoisotopic (exact) mass is 306 g/mol. The number of hydrogen-bond acceptors (Lipinski definition) is 2. The van der Waals surface area contributed by atoms with Crippen molar-refractivity contribution >= 4 is 5.76 Å². The Hall–Kier alpha value is -2.22. The zero-order chi connectivity index (χ0) is 15.9. The lowest BCUT2D eigenvalue weighted by Gasteiger charge is -2.31. The van der Waals surface area contributed by atoms with Gasteiger partial charge in [-0.3, -0.25) is 0 Å². The molecule has 1 aliphatic carbocycles. The van der Waals surface area contributed by atoms with Gasteiger partial charge in [0.25, 0.3) is 0 Å². The van der Waals surface area contributed by atoms with E-state index in [0.717, 1.165) is 37.4 Å². The first kappa shape index (κ1) is 14.4. The molecule has 4 rings (SSSR count). The number of benzene rings is 2. The van der Waals surface area contributed by atoms with Gasteiger partial charge in [-0.25, -0.2) is 0 Å². The summed E-state index contributed by atoms with van der Waals surface area (Å²) in [5, 5.41) is 0. The number of rotatable bonds is 3. The maximum absolute atomic E-state index is 6.09. The van der Waals surface area contributed by atoms with E-state index in [-0.39, 0.29) is 5.41 Å². The Morgan fingerprint density at radius 2 is 1.96 bits per heavy atom. The highest BCUT2D eigenvalue weighted by Crippen LogP contribution is 2.52. The van der Waals surface area contributed by atoms with Crippen LogP contribution in [0.4, 0.5) is 0 Å². The van der Waals surface area contributed by atoms with E-state index in [1.54, 1.807) is 7.11 Å². The third kappa shape index (κ3) is 2.24. The molecule has 0 spiro atoms. The molecule has 2 nitrogen and oxygen atoms in total. The van der Waals surface area contributed by atoms with Crippen LogP contribution in [0, 0.1) is 0 Å². The summed E-state index contributed by atoms with van der Waals surface area (Å²) < 4.78 is 11.5. The molecule has 1 atom stereocenters. The topological polar surface area (TPSA) is 18.5 Å². The third-order valence-corrected chi connectivity index (χ3v) is 5.22. The lowest BCUT2D eigenvalue weighted by atomic mass is 9.73. The van der Waals surface area contributed by atoms with E-state index in [4.69, 9.17) is 9.47 Å². The molecule has 118 valence electrons. The summed E-state index contributed by atoms with van der Waals surface area (Å²) in [6.07, 6.45) is 3.24. The van der Waals surface area contributed by atoms with Crippen molar-refractivity contribution in [2.45, 2.75) is 31.6 Å². The van der Waals surface area contributed by atoms with Gasteiger partial charge in [-0.1, -0.05) is 43.3 Å². The molecule has 0 fully saturated rings. The van der Waals surface area contributed by atoms with Crippen LogP contribution < -0.4 is 4.74 Å². The standard InChI is InChI=1S/C21H22O2/c1-21(14-15-7-4-3-5-8-15)18-11-10-16(22-2)13-17(18)20-19(21)9-6-12-23-20/h3-5,7-8,10-11,13H,6,9,12,14H2,1-2H3/t21-/m0/s1. The second-order valence-corrected chi connectivity index (χ2v) is 6.67. The lowest BCUT2D eigenvalue weighted by Crippen LogP contribution is -2.26. The van der Waals surface area contributed by atoms with Crippen molar-refractivity contribution in [1.29, 1.82) is 0 Å². The van der Waals surface area contributed by atoms with E-state index in [1.165, 1.54) is 22.3 Å². The third-order valence-electron chi connectivity index (χ3n) is 5.22. The summed E-state index contributed by atoms with van der Waals surface area (Å²) in [6.45, 7) is 3.18. The fourth-order valence-electron chi connectivity index (χ4n) is 4.08. The molecule has 0 bridgehead atoms. The average Bonchev–Trinajstić information content (AvgIpc) is 2.85. The largest absolute Gasteiger partial charge is 0.497 e. The molecule has 2 heteroatoms. The van der Waals surface area contributed by atoms with Crippen LogP contribution in [-0.4, -0.2) is 13.7 Å². The number of ether oxygens (including phenoxy) is 2. The number of hydrogen-bond donors (Lipinski definition) is 0. The Morgan fingerprint density at radius 1 is 1.13 bits per heavy atom. The van der Waals surface area contributed by atoms with Crippen LogP contribution in [0.2, 0.25) is 0 Å².